The molecule has 0 radical (unpaired) electrons. The SMILES string of the molecule is Nc1ncc(Oc2cc(N3CCN(CC4=C(c5ccc(Cl)cc5)CCC5(CCN(C(CF)CF)CC5)C4)CC3)ccc2C(=O)O)cc1Cl. The van der Waals surface area contributed by atoms with E-state index in [1.165, 1.54) is 29.0 Å². The Bertz CT molecular complexity index is 1640. The molecule has 1 aromatic heterocycles. The second-order valence-electron chi connectivity index (χ2n) is 13.2. The lowest BCUT2D eigenvalue weighted by molar-refractivity contribution is 0.0452. The third-order valence-electron chi connectivity index (χ3n) is 10.3. The van der Waals surface area contributed by atoms with Gasteiger partial charge < -0.3 is 20.5 Å². The smallest absolute Gasteiger partial charge is 0.339 e. The maximum atomic E-state index is 13.4. The van der Waals surface area contributed by atoms with E-state index in [2.05, 4.69) is 26.9 Å². The molecule has 12 heteroatoms. The largest absolute Gasteiger partial charge is 0.478 e. The van der Waals surface area contributed by atoms with Gasteiger partial charge in [-0.15, -0.1) is 0 Å². The highest BCUT2D eigenvalue weighted by molar-refractivity contribution is 6.32. The van der Waals surface area contributed by atoms with E-state index < -0.39 is 25.4 Å². The van der Waals surface area contributed by atoms with E-state index >= 15 is 0 Å². The third kappa shape index (κ3) is 7.72. The van der Waals surface area contributed by atoms with Gasteiger partial charge in [0.15, 0.2) is 0 Å². The van der Waals surface area contributed by atoms with Crippen molar-refractivity contribution in [2.75, 3.05) is 69.8 Å². The predicted octanol–water partition coefficient (Wildman–Crippen LogP) is 7.61. The Hall–Kier alpha value is -3.44. The first-order valence-corrected chi connectivity index (χ1v) is 17.2. The summed E-state index contributed by atoms with van der Waals surface area (Å²) in [5, 5.41) is 10.7. The molecule has 256 valence electrons. The fourth-order valence-electron chi connectivity index (χ4n) is 7.41. The van der Waals surface area contributed by atoms with Crippen molar-refractivity contribution in [1.82, 2.24) is 14.8 Å². The molecule has 8 nitrogen and oxygen atoms in total. The molecule has 6 rings (SSSR count). The minimum Gasteiger partial charge on any atom is -0.478 e. The monoisotopic (exact) mass is 699 g/mol. The Kier molecular flexibility index (Phi) is 10.7. The summed E-state index contributed by atoms with van der Waals surface area (Å²) in [6, 6.07) is 14.1. The number of nitrogens with two attached hydrogens (primary N) is 1. The highest BCUT2D eigenvalue weighted by atomic mass is 35.5. The van der Waals surface area contributed by atoms with Crippen LogP contribution in [0.4, 0.5) is 20.3 Å². The van der Waals surface area contributed by atoms with Crippen LogP contribution in [0.15, 0.2) is 60.3 Å². The fourth-order valence-corrected chi connectivity index (χ4v) is 7.69. The molecule has 2 aliphatic heterocycles. The first-order chi connectivity index (χ1) is 23.2. The zero-order chi connectivity index (χ0) is 33.8. The number of anilines is 2. The van der Waals surface area contributed by atoms with Crippen molar-refractivity contribution in [3.63, 3.8) is 0 Å². The molecule has 3 N–H and O–H groups in total. The molecular weight excluding hydrogens is 659 g/mol. The van der Waals surface area contributed by atoms with Crippen molar-refractivity contribution >= 4 is 46.2 Å². The van der Waals surface area contributed by atoms with Crippen LogP contribution in [0.3, 0.4) is 0 Å². The first kappa shape index (κ1) is 34.4. The number of aromatic nitrogens is 1. The Morgan fingerprint density at radius 2 is 1.69 bits per heavy atom. The van der Waals surface area contributed by atoms with Crippen molar-refractivity contribution in [2.45, 2.75) is 38.1 Å². The van der Waals surface area contributed by atoms with Crippen LogP contribution in [0.1, 0.15) is 48.0 Å². The molecule has 1 spiro atoms. The van der Waals surface area contributed by atoms with Crippen LogP contribution in [0, 0.1) is 5.41 Å². The number of pyridine rings is 1. The molecular formula is C36H41Cl2F2N5O3. The minimum atomic E-state index is -1.10. The van der Waals surface area contributed by atoms with Gasteiger partial charge in [0.1, 0.15) is 36.2 Å². The highest BCUT2D eigenvalue weighted by Crippen LogP contribution is 2.49. The molecule has 0 saturated carbocycles. The molecule has 3 heterocycles. The third-order valence-corrected chi connectivity index (χ3v) is 10.8. The number of nitrogens with zero attached hydrogens (tertiary/aromatic N) is 4. The Morgan fingerprint density at radius 1 is 0.979 bits per heavy atom. The molecule has 48 heavy (non-hydrogen) atoms. The molecule has 0 unspecified atom stereocenters. The summed E-state index contributed by atoms with van der Waals surface area (Å²) >= 11 is 12.3. The zero-order valence-electron chi connectivity index (χ0n) is 26.8. The molecule has 2 aromatic carbocycles. The number of ether oxygens (including phenoxy) is 1. The normalized spacial score (nSPS) is 18.9. The van der Waals surface area contributed by atoms with Crippen molar-refractivity contribution in [1.29, 1.82) is 0 Å². The number of nitrogen functional groups attached to an aromatic ring is 1. The molecule has 2 saturated heterocycles. The summed E-state index contributed by atoms with van der Waals surface area (Å²) in [6.45, 7) is 4.22. The van der Waals surface area contributed by atoms with Gasteiger partial charge >= 0.3 is 5.97 Å². The molecule has 0 atom stereocenters. The number of carboxylic acid groups (broad SMARTS) is 1. The number of rotatable bonds is 10. The number of carbonyl (C=O) groups is 1. The van der Waals surface area contributed by atoms with Crippen LogP contribution < -0.4 is 15.4 Å². The van der Waals surface area contributed by atoms with Crippen molar-refractivity contribution in [3.05, 3.63) is 81.5 Å². The van der Waals surface area contributed by atoms with Gasteiger partial charge in [0.05, 0.1) is 17.3 Å². The summed E-state index contributed by atoms with van der Waals surface area (Å²) in [7, 11) is 0. The number of piperazine rings is 1. The number of carboxylic acids is 1. The molecule has 0 bridgehead atoms. The van der Waals surface area contributed by atoms with Gasteiger partial charge in [-0.2, -0.15) is 0 Å². The summed E-state index contributed by atoms with van der Waals surface area (Å²) in [4.78, 5) is 22.7. The number of allylic oxidation sites excluding steroid dienone is 1. The number of likely N-dealkylation sites (tertiary alicyclic amines) is 1. The van der Waals surface area contributed by atoms with Gasteiger partial charge in [0.25, 0.3) is 0 Å². The van der Waals surface area contributed by atoms with Crippen molar-refractivity contribution in [3.8, 4) is 11.5 Å². The number of halogens is 4. The fraction of sp³-hybridized carbons (Fsp3) is 0.444. The van der Waals surface area contributed by atoms with E-state index in [-0.39, 0.29) is 27.6 Å². The lowest BCUT2D eigenvalue weighted by Crippen LogP contribution is -2.49. The van der Waals surface area contributed by atoms with Gasteiger partial charge in [-0.05, 0) is 86.0 Å². The van der Waals surface area contributed by atoms with Gasteiger partial charge in [0, 0.05) is 55.6 Å². The number of benzene rings is 2. The predicted molar refractivity (Wildman–Crippen MR) is 187 cm³/mol. The summed E-state index contributed by atoms with van der Waals surface area (Å²) in [5.74, 6) is -0.435. The molecule has 2 fully saturated rings. The Balaban J connectivity index is 1.16. The number of alkyl halides is 2. The number of hydrogen-bond acceptors (Lipinski definition) is 7. The number of hydrogen-bond donors (Lipinski definition) is 2. The number of piperidine rings is 1. The molecule has 3 aliphatic rings. The zero-order valence-corrected chi connectivity index (χ0v) is 28.3. The van der Waals surface area contributed by atoms with Crippen molar-refractivity contribution in [2.24, 2.45) is 5.41 Å². The first-order valence-electron chi connectivity index (χ1n) is 16.4. The van der Waals surface area contributed by atoms with E-state index in [1.54, 1.807) is 12.1 Å². The van der Waals surface area contributed by atoms with Crippen LogP contribution in [-0.4, -0.2) is 91.1 Å². The lowest BCUT2D eigenvalue weighted by atomic mass is 9.65. The molecule has 1 aliphatic carbocycles. The van der Waals surface area contributed by atoms with Gasteiger partial charge in [-0.3, -0.25) is 9.80 Å². The summed E-state index contributed by atoms with van der Waals surface area (Å²) in [6.07, 6.45) is 6.33. The average molecular weight is 701 g/mol. The molecule has 0 amide bonds. The van der Waals surface area contributed by atoms with Gasteiger partial charge in [0.2, 0.25) is 0 Å². The number of aromatic carboxylic acids is 1. The van der Waals surface area contributed by atoms with Crippen LogP contribution in [0.25, 0.3) is 5.57 Å². The maximum absolute atomic E-state index is 13.4. The summed E-state index contributed by atoms with van der Waals surface area (Å²) < 4.78 is 32.8. The van der Waals surface area contributed by atoms with Crippen LogP contribution >= 0.6 is 23.2 Å². The van der Waals surface area contributed by atoms with E-state index in [0.717, 1.165) is 83.6 Å². The van der Waals surface area contributed by atoms with E-state index in [1.807, 2.05) is 23.1 Å². The average Bonchev–Trinajstić information content (AvgIpc) is 3.09. The standard InChI is InChI=1S/C36H41Cl2F2N5O3/c37-26-3-1-24(2-4-26)30-7-8-36(9-11-44(12-10-36)28(20-39)21-40)19-25(30)23-43-13-15-45(16-14-43)27-5-6-31(35(46)47)33(17-27)48-29-18-32(38)34(41)42-22-29/h1-6,17-18,22,28H,7-16,19-21,23H2,(H2,41,42)(H,46,47). The van der Waals surface area contributed by atoms with E-state index in [9.17, 15) is 18.7 Å². The minimum absolute atomic E-state index is 0.0361. The quantitative estimate of drug-likeness (QED) is 0.223. The molecule has 3 aromatic rings. The highest BCUT2D eigenvalue weighted by Gasteiger charge is 2.40. The lowest BCUT2D eigenvalue weighted by Gasteiger charge is -2.47. The van der Waals surface area contributed by atoms with Gasteiger partial charge in [-0.25, -0.2) is 18.6 Å². The van der Waals surface area contributed by atoms with Gasteiger partial charge in [-0.1, -0.05) is 40.9 Å². The van der Waals surface area contributed by atoms with E-state index in [4.69, 9.17) is 33.7 Å². The van der Waals surface area contributed by atoms with E-state index in [0.29, 0.717) is 10.8 Å². The van der Waals surface area contributed by atoms with Crippen LogP contribution in [0.2, 0.25) is 10.0 Å². The summed E-state index contributed by atoms with van der Waals surface area (Å²) in [5.41, 5.74) is 10.8. The Morgan fingerprint density at radius 3 is 2.33 bits per heavy atom. The van der Waals surface area contributed by atoms with Crippen molar-refractivity contribution < 1.29 is 23.4 Å². The second-order valence-corrected chi connectivity index (χ2v) is 14.0. The Labute approximate surface area is 290 Å². The topological polar surface area (TPSA) is 95.2 Å². The van der Waals surface area contributed by atoms with Crippen LogP contribution in [-0.2, 0) is 0 Å². The maximum Gasteiger partial charge on any atom is 0.339 e. The van der Waals surface area contributed by atoms with Crippen LogP contribution in [0.5, 0.6) is 11.5 Å². The second kappa shape index (κ2) is 15.0.